The lowest BCUT2D eigenvalue weighted by Crippen LogP contribution is -1.95. The van der Waals surface area contributed by atoms with Crippen molar-refractivity contribution >= 4 is 10.9 Å². The molecule has 1 aromatic heterocycles. The van der Waals surface area contributed by atoms with Crippen molar-refractivity contribution < 1.29 is 4.74 Å². The Hall–Kier alpha value is -3.07. The van der Waals surface area contributed by atoms with Gasteiger partial charge in [0, 0.05) is 10.9 Å². The van der Waals surface area contributed by atoms with Crippen LogP contribution in [-0.4, -0.2) is 16.9 Å². The third kappa shape index (κ3) is 2.44. The van der Waals surface area contributed by atoms with E-state index < -0.39 is 0 Å². The lowest BCUT2D eigenvalue weighted by molar-refractivity contribution is 0.415. The first-order valence-corrected chi connectivity index (χ1v) is 7.95. The van der Waals surface area contributed by atoms with E-state index in [1.165, 1.54) is 5.56 Å². The van der Waals surface area contributed by atoms with Gasteiger partial charge in [0.1, 0.15) is 11.4 Å². The number of ether oxygens (including phenoxy) is 1. The van der Waals surface area contributed by atoms with E-state index >= 15 is 0 Å². The zero-order valence-electron chi connectivity index (χ0n) is 13.7. The van der Waals surface area contributed by atoms with Crippen LogP contribution in [0.4, 0.5) is 0 Å². The van der Waals surface area contributed by atoms with E-state index in [0.29, 0.717) is 0 Å². The van der Waals surface area contributed by atoms with Crippen LogP contribution in [0.15, 0.2) is 72.8 Å². The van der Waals surface area contributed by atoms with Gasteiger partial charge in [0.2, 0.25) is 0 Å². The summed E-state index contributed by atoms with van der Waals surface area (Å²) in [5.74, 6) is 0.837. The van der Waals surface area contributed by atoms with Crippen LogP contribution in [0.2, 0.25) is 0 Å². The third-order valence-electron chi connectivity index (χ3n) is 4.18. The van der Waals surface area contributed by atoms with Gasteiger partial charge in [0.15, 0.2) is 0 Å². The summed E-state index contributed by atoms with van der Waals surface area (Å²) in [4.78, 5) is 0. The predicted molar refractivity (Wildman–Crippen MR) is 97.8 cm³/mol. The Morgan fingerprint density at radius 2 is 1.71 bits per heavy atom. The van der Waals surface area contributed by atoms with Crippen molar-refractivity contribution in [2.45, 2.75) is 6.92 Å². The van der Waals surface area contributed by atoms with Gasteiger partial charge >= 0.3 is 0 Å². The molecule has 0 aliphatic carbocycles. The van der Waals surface area contributed by atoms with Crippen LogP contribution in [0.5, 0.6) is 5.75 Å². The molecule has 3 heteroatoms. The number of methoxy groups -OCH3 is 1. The number of fused-ring (bicyclic) bond motifs is 1. The van der Waals surface area contributed by atoms with E-state index in [4.69, 9.17) is 9.84 Å². The van der Waals surface area contributed by atoms with Gasteiger partial charge in [0.05, 0.1) is 18.3 Å². The first-order valence-electron chi connectivity index (χ1n) is 7.95. The molecule has 4 aromatic rings. The Bertz CT molecular complexity index is 1000. The molecule has 0 N–H and O–H groups in total. The SMILES string of the molecule is COc1ccc2c(c1)c(-c1cccc(C)c1)nn2-c1ccccc1. The van der Waals surface area contributed by atoms with E-state index in [1.807, 2.05) is 28.9 Å². The Morgan fingerprint density at radius 3 is 2.46 bits per heavy atom. The van der Waals surface area contributed by atoms with Gasteiger partial charge in [-0.3, -0.25) is 0 Å². The van der Waals surface area contributed by atoms with Crippen LogP contribution < -0.4 is 4.74 Å². The van der Waals surface area contributed by atoms with E-state index in [2.05, 4.69) is 55.5 Å². The van der Waals surface area contributed by atoms with Crippen molar-refractivity contribution in [3.05, 3.63) is 78.4 Å². The number of nitrogens with zero attached hydrogens (tertiary/aromatic N) is 2. The Kier molecular flexibility index (Phi) is 3.54. The highest BCUT2D eigenvalue weighted by Gasteiger charge is 2.14. The number of benzene rings is 3. The molecule has 0 aliphatic heterocycles. The van der Waals surface area contributed by atoms with Gasteiger partial charge in [-0.2, -0.15) is 5.10 Å². The summed E-state index contributed by atoms with van der Waals surface area (Å²) in [5, 5.41) is 5.99. The van der Waals surface area contributed by atoms with Crippen LogP contribution >= 0.6 is 0 Å². The highest BCUT2D eigenvalue weighted by Crippen LogP contribution is 2.32. The Labute approximate surface area is 141 Å². The lowest BCUT2D eigenvalue weighted by atomic mass is 10.1. The molecular weight excluding hydrogens is 296 g/mol. The molecule has 118 valence electrons. The summed E-state index contributed by atoms with van der Waals surface area (Å²) in [6.07, 6.45) is 0. The van der Waals surface area contributed by atoms with Crippen LogP contribution in [0.1, 0.15) is 5.56 Å². The van der Waals surface area contributed by atoms with Crippen molar-refractivity contribution in [1.82, 2.24) is 9.78 Å². The average molecular weight is 314 g/mol. The normalized spacial score (nSPS) is 10.9. The summed E-state index contributed by atoms with van der Waals surface area (Å²) in [7, 11) is 1.69. The second-order valence-electron chi connectivity index (χ2n) is 5.85. The maximum atomic E-state index is 5.41. The van der Waals surface area contributed by atoms with E-state index in [-0.39, 0.29) is 0 Å². The minimum atomic E-state index is 0.837. The lowest BCUT2D eigenvalue weighted by Gasteiger charge is -2.03. The molecule has 24 heavy (non-hydrogen) atoms. The molecule has 0 fully saturated rings. The number of aromatic nitrogens is 2. The van der Waals surface area contributed by atoms with Crippen LogP contribution in [0.3, 0.4) is 0 Å². The number of hydrogen-bond donors (Lipinski definition) is 0. The van der Waals surface area contributed by atoms with E-state index in [1.54, 1.807) is 7.11 Å². The first-order chi connectivity index (χ1) is 11.8. The first kappa shape index (κ1) is 14.5. The zero-order valence-corrected chi connectivity index (χ0v) is 13.7. The molecule has 1 heterocycles. The van der Waals surface area contributed by atoms with Gasteiger partial charge in [-0.15, -0.1) is 0 Å². The fourth-order valence-electron chi connectivity index (χ4n) is 3.00. The molecule has 0 unspecified atom stereocenters. The van der Waals surface area contributed by atoms with Crippen molar-refractivity contribution in [1.29, 1.82) is 0 Å². The summed E-state index contributed by atoms with van der Waals surface area (Å²) in [6, 6.07) is 24.7. The van der Waals surface area contributed by atoms with Crippen LogP contribution in [0.25, 0.3) is 27.8 Å². The van der Waals surface area contributed by atoms with Gasteiger partial charge in [-0.05, 0) is 43.3 Å². The standard InChI is InChI=1S/C21H18N2O/c1-15-7-6-8-16(13-15)21-19-14-18(24-2)11-12-20(19)23(22-21)17-9-4-3-5-10-17/h3-14H,1-2H3. The molecule has 0 atom stereocenters. The highest BCUT2D eigenvalue weighted by molar-refractivity contribution is 5.95. The summed E-state index contributed by atoms with van der Waals surface area (Å²) >= 11 is 0. The third-order valence-corrected chi connectivity index (χ3v) is 4.18. The highest BCUT2D eigenvalue weighted by atomic mass is 16.5. The van der Waals surface area contributed by atoms with Crippen LogP contribution in [-0.2, 0) is 0 Å². The average Bonchev–Trinajstić information content (AvgIpc) is 3.01. The molecule has 4 rings (SSSR count). The van der Waals surface area contributed by atoms with Crippen molar-refractivity contribution in [2.75, 3.05) is 7.11 Å². The maximum Gasteiger partial charge on any atom is 0.119 e. The Balaban J connectivity index is 2.02. The molecule has 0 spiro atoms. The smallest absolute Gasteiger partial charge is 0.119 e. The summed E-state index contributed by atoms with van der Waals surface area (Å²) in [5.41, 5.74) is 5.42. The molecule has 0 saturated carbocycles. The number of rotatable bonds is 3. The molecule has 0 radical (unpaired) electrons. The summed E-state index contributed by atoms with van der Waals surface area (Å²) < 4.78 is 7.41. The fraction of sp³-hybridized carbons (Fsp3) is 0.0952. The van der Waals surface area contributed by atoms with Gasteiger partial charge in [0.25, 0.3) is 0 Å². The monoisotopic (exact) mass is 314 g/mol. The molecule has 3 aromatic carbocycles. The van der Waals surface area contributed by atoms with Crippen molar-refractivity contribution in [2.24, 2.45) is 0 Å². The zero-order chi connectivity index (χ0) is 16.5. The van der Waals surface area contributed by atoms with Gasteiger partial charge in [-0.25, -0.2) is 4.68 Å². The van der Waals surface area contributed by atoms with E-state index in [9.17, 15) is 0 Å². The van der Waals surface area contributed by atoms with Gasteiger partial charge < -0.3 is 4.74 Å². The minimum absolute atomic E-state index is 0.837. The van der Waals surface area contributed by atoms with Crippen molar-refractivity contribution in [3.63, 3.8) is 0 Å². The number of para-hydroxylation sites is 1. The fourth-order valence-corrected chi connectivity index (χ4v) is 3.00. The molecule has 0 aliphatic rings. The van der Waals surface area contributed by atoms with Crippen molar-refractivity contribution in [3.8, 4) is 22.7 Å². The second kappa shape index (κ2) is 5.85. The minimum Gasteiger partial charge on any atom is -0.497 e. The Morgan fingerprint density at radius 1 is 0.875 bits per heavy atom. The quantitative estimate of drug-likeness (QED) is 0.531. The maximum absolute atomic E-state index is 5.41. The number of aryl methyl sites for hydroxylation is 1. The molecule has 0 amide bonds. The van der Waals surface area contributed by atoms with Crippen LogP contribution in [0, 0.1) is 6.92 Å². The second-order valence-corrected chi connectivity index (χ2v) is 5.85. The number of hydrogen-bond acceptors (Lipinski definition) is 2. The van der Waals surface area contributed by atoms with E-state index in [0.717, 1.165) is 33.6 Å². The van der Waals surface area contributed by atoms with Gasteiger partial charge in [-0.1, -0.05) is 42.0 Å². The molecular formula is C21H18N2O. The molecule has 0 saturated heterocycles. The molecule has 0 bridgehead atoms. The largest absolute Gasteiger partial charge is 0.497 e. The topological polar surface area (TPSA) is 27.1 Å². The molecule has 3 nitrogen and oxygen atoms in total. The summed E-state index contributed by atoms with van der Waals surface area (Å²) in [6.45, 7) is 2.10. The predicted octanol–water partition coefficient (Wildman–Crippen LogP) is 5.01.